The molecule has 0 saturated carbocycles. The zero-order chi connectivity index (χ0) is 14.7. The van der Waals surface area contributed by atoms with Gasteiger partial charge < -0.3 is 5.32 Å². The van der Waals surface area contributed by atoms with E-state index < -0.39 is 10.7 Å². The van der Waals surface area contributed by atoms with Gasteiger partial charge in [0.1, 0.15) is 0 Å². The number of non-ortho nitro benzene ring substituents is 1. The zero-order valence-electron chi connectivity index (χ0n) is 10.1. The van der Waals surface area contributed by atoms with E-state index in [0.717, 1.165) is 16.1 Å². The number of halogens is 3. The molecule has 0 radical (unpaired) electrons. The van der Waals surface area contributed by atoms with Crippen LogP contribution in [-0.2, 0) is 6.54 Å². The monoisotopic (exact) mass is 358 g/mol. The van der Waals surface area contributed by atoms with Gasteiger partial charge in [0.2, 0.25) is 0 Å². The Morgan fingerprint density at radius 3 is 2.65 bits per heavy atom. The Morgan fingerprint density at radius 2 is 2.05 bits per heavy atom. The van der Waals surface area contributed by atoms with Crippen molar-refractivity contribution in [3.05, 3.63) is 67.4 Å². The Bertz CT molecular complexity index is 667. The molecule has 4 nitrogen and oxygen atoms in total. The topological polar surface area (TPSA) is 55.2 Å². The molecule has 2 rings (SSSR count). The molecule has 0 saturated heterocycles. The van der Waals surface area contributed by atoms with Crippen molar-refractivity contribution in [2.45, 2.75) is 6.54 Å². The molecule has 0 spiro atoms. The predicted octanol–water partition coefficient (Wildman–Crippen LogP) is 4.76. The third-order valence-corrected chi connectivity index (χ3v) is 3.86. The molecule has 0 fully saturated rings. The van der Waals surface area contributed by atoms with Crippen LogP contribution in [0.3, 0.4) is 0 Å². The SMILES string of the molecule is O=[N+]([O-])c1ccc(NCc2ccc(Br)c(Cl)c2)c(F)c1. The number of hydrogen-bond donors (Lipinski definition) is 1. The number of rotatable bonds is 4. The van der Waals surface area contributed by atoms with Crippen LogP contribution >= 0.6 is 27.5 Å². The summed E-state index contributed by atoms with van der Waals surface area (Å²) in [6.45, 7) is 0.363. The van der Waals surface area contributed by atoms with Gasteiger partial charge >= 0.3 is 0 Å². The Kier molecular flexibility index (Phi) is 4.57. The van der Waals surface area contributed by atoms with Crippen LogP contribution in [-0.4, -0.2) is 4.92 Å². The first-order chi connectivity index (χ1) is 9.47. The van der Waals surface area contributed by atoms with Crippen LogP contribution in [0.15, 0.2) is 40.9 Å². The number of nitro benzene ring substituents is 1. The van der Waals surface area contributed by atoms with Crippen molar-refractivity contribution >= 4 is 38.9 Å². The van der Waals surface area contributed by atoms with Crippen LogP contribution in [0.4, 0.5) is 15.8 Å². The summed E-state index contributed by atoms with van der Waals surface area (Å²) in [5.41, 5.74) is 0.797. The van der Waals surface area contributed by atoms with Gasteiger partial charge in [0.15, 0.2) is 5.82 Å². The van der Waals surface area contributed by atoms with Crippen molar-refractivity contribution in [2.75, 3.05) is 5.32 Å². The van der Waals surface area contributed by atoms with E-state index in [1.54, 1.807) is 12.1 Å². The molecular weight excluding hydrogens is 351 g/mol. The molecule has 0 heterocycles. The van der Waals surface area contributed by atoms with Crippen molar-refractivity contribution < 1.29 is 9.31 Å². The molecule has 0 atom stereocenters. The largest absolute Gasteiger partial charge is 0.379 e. The van der Waals surface area contributed by atoms with Crippen LogP contribution in [0.2, 0.25) is 5.02 Å². The van der Waals surface area contributed by atoms with Crippen LogP contribution in [0.25, 0.3) is 0 Å². The van der Waals surface area contributed by atoms with Gasteiger partial charge in [-0.2, -0.15) is 0 Å². The lowest BCUT2D eigenvalue weighted by Gasteiger charge is -2.08. The minimum absolute atomic E-state index is 0.203. The van der Waals surface area contributed by atoms with Gasteiger partial charge in [-0.25, -0.2) is 4.39 Å². The molecule has 20 heavy (non-hydrogen) atoms. The highest BCUT2D eigenvalue weighted by molar-refractivity contribution is 9.10. The maximum Gasteiger partial charge on any atom is 0.272 e. The van der Waals surface area contributed by atoms with E-state index in [-0.39, 0.29) is 11.4 Å². The van der Waals surface area contributed by atoms with E-state index in [1.807, 2.05) is 6.07 Å². The summed E-state index contributed by atoms with van der Waals surface area (Å²) in [4.78, 5) is 9.88. The second kappa shape index (κ2) is 6.19. The fourth-order valence-corrected chi connectivity index (χ4v) is 2.06. The van der Waals surface area contributed by atoms with Gasteiger partial charge in [-0.05, 0) is 39.7 Å². The molecule has 0 aliphatic heterocycles. The molecule has 0 aromatic heterocycles. The van der Waals surface area contributed by atoms with Crippen molar-refractivity contribution in [3.63, 3.8) is 0 Å². The molecule has 2 aromatic carbocycles. The van der Waals surface area contributed by atoms with Gasteiger partial charge in [0, 0.05) is 17.1 Å². The highest BCUT2D eigenvalue weighted by Crippen LogP contribution is 2.25. The summed E-state index contributed by atoms with van der Waals surface area (Å²) in [6.07, 6.45) is 0. The fraction of sp³-hybridized carbons (Fsp3) is 0.0769. The van der Waals surface area contributed by atoms with Crippen LogP contribution in [0.1, 0.15) is 5.56 Å². The maximum atomic E-state index is 13.7. The van der Waals surface area contributed by atoms with Crippen molar-refractivity contribution in [2.24, 2.45) is 0 Å². The van der Waals surface area contributed by atoms with Gasteiger partial charge in [-0.15, -0.1) is 0 Å². The Labute approximate surface area is 127 Å². The third-order valence-electron chi connectivity index (χ3n) is 2.63. The quantitative estimate of drug-likeness (QED) is 0.632. The average molecular weight is 360 g/mol. The Morgan fingerprint density at radius 1 is 1.30 bits per heavy atom. The molecule has 0 aliphatic carbocycles. The fourth-order valence-electron chi connectivity index (χ4n) is 1.61. The van der Waals surface area contributed by atoms with E-state index >= 15 is 0 Å². The zero-order valence-corrected chi connectivity index (χ0v) is 12.4. The van der Waals surface area contributed by atoms with E-state index in [9.17, 15) is 14.5 Å². The molecule has 0 unspecified atom stereocenters. The van der Waals surface area contributed by atoms with E-state index in [1.165, 1.54) is 12.1 Å². The van der Waals surface area contributed by atoms with Gasteiger partial charge in [0.05, 0.1) is 21.7 Å². The third kappa shape index (κ3) is 3.46. The summed E-state index contributed by atoms with van der Waals surface area (Å²) < 4.78 is 14.4. The summed E-state index contributed by atoms with van der Waals surface area (Å²) in [5, 5.41) is 13.9. The molecule has 0 bridgehead atoms. The minimum atomic E-state index is -0.664. The Hall–Kier alpha value is -1.66. The molecule has 104 valence electrons. The summed E-state index contributed by atoms with van der Waals surface area (Å²) in [5.74, 6) is -0.664. The first-order valence-corrected chi connectivity index (χ1v) is 6.76. The van der Waals surface area contributed by atoms with Crippen molar-refractivity contribution in [1.82, 2.24) is 0 Å². The van der Waals surface area contributed by atoms with Crippen LogP contribution < -0.4 is 5.32 Å². The van der Waals surface area contributed by atoms with Gasteiger partial charge in [-0.1, -0.05) is 17.7 Å². The van der Waals surface area contributed by atoms with Gasteiger partial charge in [-0.3, -0.25) is 10.1 Å². The Balaban J connectivity index is 2.10. The van der Waals surface area contributed by atoms with Gasteiger partial charge in [0.25, 0.3) is 5.69 Å². The van der Waals surface area contributed by atoms with E-state index in [4.69, 9.17) is 11.6 Å². The minimum Gasteiger partial charge on any atom is -0.379 e. The number of benzene rings is 2. The van der Waals surface area contributed by atoms with Crippen molar-refractivity contribution in [1.29, 1.82) is 0 Å². The number of nitro groups is 1. The summed E-state index contributed by atoms with van der Waals surface area (Å²) in [7, 11) is 0. The van der Waals surface area contributed by atoms with E-state index in [2.05, 4.69) is 21.2 Å². The number of anilines is 1. The maximum absolute atomic E-state index is 13.7. The lowest BCUT2D eigenvalue weighted by Crippen LogP contribution is -2.02. The predicted molar refractivity (Wildman–Crippen MR) is 79.5 cm³/mol. The lowest BCUT2D eigenvalue weighted by molar-refractivity contribution is -0.385. The first kappa shape index (κ1) is 14.7. The van der Waals surface area contributed by atoms with E-state index in [0.29, 0.717) is 11.6 Å². The lowest BCUT2D eigenvalue weighted by atomic mass is 10.2. The molecule has 2 aromatic rings. The smallest absolute Gasteiger partial charge is 0.272 e. The van der Waals surface area contributed by atoms with Crippen molar-refractivity contribution in [3.8, 4) is 0 Å². The van der Waals surface area contributed by atoms with Crippen LogP contribution in [0, 0.1) is 15.9 Å². The normalized spacial score (nSPS) is 10.3. The summed E-state index contributed by atoms with van der Waals surface area (Å²) >= 11 is 9.24. The number of hydrogen-bond acceptors (Lipinski definition) is 3. The first-order valence-electron chi connectivity index (χ1n) is 5.59. The number of nitrogens with one attached hydrogen (secondary N) is 1. The standard InChI is InChI=1S/C13H9BrClFN2O2/c14-10-3-1-8(5-11(10)15)7-17-13-4-2-9(18(19)20)6-12(13)16/h1-6,17H,7H2. The molecule has 1 N–H and O–H groups in total. The second-order valence-corrected chi connectivity index (χ2v) is 5.28. The number of nitrogens with zero attached hydrogens (tertiary/aromatic N) is 1. The average Bonchev–Trinajstić information content (AvgIpc) is 2.41. The molecule has 0 aliphatic rings. The molecule has 7 heteroatoms. The second-order valence-electron chi connectivity index (χ2n) is 4.02. The summed E-state index contributed by atoms with van der Waals surface area (Å²) in [6, 6.07) is 8.87. The molecule has 0 amide bonds. The molecular formula is C13H9BrClFN2O2. The highest BCUT2D eigenvalue weighted by atomic mass is 79.9. The highest BCUT2D eigenvalue weighted by Gasteiger charge is 2.10. The van der Waals surface area contributed by atoms with Crippen LogP contribution in [0.5, 0.6) is 0 Å².